The fourth-order valence-electron chi connectivity index (χ4n) is 2.41. The normalized spacial score (nSPS) is 12.6. The Hall–Kier alpha value is -2.40. The van der Waals surface area contributed by atoms with Crippen LogP contribution in [0, 0.1) is 0 Å². The van der Waals surface area contributed by atoms with Crippen LogP contribution in [-0.2, 0) is 7.05 Å². The summed E-state index contributed by atoms with van der Waals surface area (Å²) in [6.07, 6.45) is 1.71. The van der Waals surface area contributed by atoms with Gasteiger partial charge in [-0.3, -0.25) is 9.67 Å². The number of aryl methyl sites for hydroxylation is 1. The van der Waals surface area contributed by atoms with Gasteiger partial charge in [-0.25, -0.2) is 0 Å². The zero-order valence-electron chi connectivity index (χ0n) is 11.4. The summed E-state index contributed by atoms with van der Waals surface area (Å²) in [6.45, 7) is 0. The van der Waals surface area contributed by atoms with Crippen molar-refractivity contribution in [2.75, 3.05) is 7.11 Å². The molecule has 0 bridgehead atoms. The Bertz CT molecular complexity index is 750. The van der Waals surface area contributed by atoms with Gasteiger partial charge < -0.3 is 10.5 Å². The van der Waals surface area contributed by atoms with Gasteiger partial charge in [0.05, 0.1) is 24.4 Å². The molecule has 3 rings (SSSR count). The van der Waals surface area contributed by atoms with Gasteiger partial charge in [0.2, 0.25) is 0 Å². The molecule has 0 radical (unpaired) electrons. The first-order valence-electron chi connectivity index (χ1n) is 6.38. The molecule has 0 aliphatic heterocycles. The van der Waals surface area contributed by atoms with Gasteiger partial charge in [-0.2, -0.15) is 5.10 Å². The Morgan fingerprint density at radius 2 is 1.95 bits per heavy atom. The Balaban J connectivity index is 2.15. The van der Waals surface area contributed by atoms with E-state index in [1.807, 2.05) is 48.1 Å². The lowest BCUT2D eigenvalue weighted by atomic mass is 10.1. The monoisotopic (exact) mass is 268 g/mol. The van der Waals surface area contributed by atoms with Crippen molar-refractivity contribution in [3.8, 4) is 5.75 Å². The molecule has 2 heterocycles. The van der Waals surface area contributed by atoms with Crippen molar-refractivity contribution in [1.82, 2.24) is 14.8 Å². The second-order valence-electron chi connectivity index (χ2n) is 4.59. The van der Waals surface area contributed by atoms with Crippen molar-refractivity contribution in [1.29, 1.82) is 0 Å². The Morgan fingerprint density at radius 1 is 1.15 bits per heavy atom. The molecule has 5 heteroatoms. The van der Waals surface area contributed by atoms with Crippen molar-refractivity contribution in [2.45, 2.75) is 6.04 Å². The SMILES string of the molecule is COc1cccnc1C(N)c1nn(C)c2ccccc12. The number of aromatic nitrogens is 3. The number of methoxy groups -OCH3 is 1. The highest BCUT2D eigenvalue weighted by atomic mass is 16.5. The topological polar surface area (TPSA) is 66.0 Å². The summed E-state index contributed by atoms with van der Waals surface area (Å²) in [5.74, 6) is 0.676. The van der Waals surface area contributed by atoms with E-state index in [0.717, 1.165) is 16.6 Å². The molecular formula is C15H16N4O. The smallest absolute Gasteiger partial charge is 0.142 e. The molecule has 0 fully saturated rings. The van der Waals surface area contributed by atoms with E-state index in [9.17, 15) is 0 Å². The number of fused-ring (bicyclic) bond motifs is 1. The molecule has 2 N–H and O–H groups in total. The van der Waals surface area contributed by atoms with Crippen molar-refractivity contribution in [2.24, 2.45) is 12.8 Å². The second-order valence-corrected chi connectivity index (χ2v) is 4.59. The van der Waals surface area contributed by atoms with E-state index in [0.29, 0.717) is 11.4 Å². The Morgan fingerprint density at radius 3 is 2.75 bits per heavy atom. The molecule has 1 aromatic carbocycles. The second kappa shape index (κ2) is 4.94. The first-order valence-corrected chi connectivity index (χ1v) is 6.38. The van der Waals surface area contributed by atoms with Crippen molar-refractivity contribution < 1.29 is 4.74 Å². The molecule has 5 nitrogen and oxygen atoms in total. The molecule has 0 amide bonds. The molecule has 2 aromatic heterocycles. The molecule has 102 valence electrons. The number of nitrogens with zero attached hydrogens (tertiary/aromatic N) is 3. The van der Waals surface area contributed by atoms with Crippen LogP contribution < -0.4 is 10.5 Å². The zero-order valence-corrected chi connectivity index (χ0v) is 11.4. The minimum atomic E-state index is -0.419. The van der Waals surface area contributed by atoms with E-state index >= 15 is 0 Å². The van der Waals surface area contributed by atoms with Gasteiger partial charge in [0.15, 0.2) is 0 Å². The van der Waals surface area contributed by atoms with Crippen LogP contribution in [0.15, 0.2) is 42.6 Å². The first kappa shape index (κ1) is 12.6. The number of benzene rings is 1. The maximum atomic E-state index is 6.35. The van der Waals surface area contributed by atoms with E-state index in [4.69, 9.17) is 10.5 Å². The van der Waals surface area contributed by atoms with Crippen LogP contribution in [0.4, 0.5) is 0 Å². The predicted molar refractivity (Wildman–Crippen MR) is 77.5 cm³/mol. The van der Waals surface area contributed by atoms with Gasteiger partial charge in [-0.15, -0.1) is 0 Å². The third-order valence-electron chi connectivity index (χ3n) is 3.40. The van der Waals surface area contributed by atoms with Crippen LogP contribution in [0.2, 0.25) is 0 Å². The molecule has 0 saturated carbocycles. The number of hydrogen-bond acceptors (Lipinski definition) is 4. The first-order chi connectivity index (χ1) is 9.72. The number of para-hydroxylation sites is 1. The van der Waals surface area contributed by atoms with Crippen LogP contribution in [0.1, 0.15) is 17.4 Å². The lowest BCUT2D eigenvalue weighted by Gasteiger charge is -2.12. The van der Waals surface area contributed by atoms with Crippen molar-refractivity contribution in [3.63, 3.8) is 0 Å². The Labute approximate surface area is 117 Å². The number of hydrogen-bond donors (Lipinski definition) is 1. The molecule has 0 spiro atoms. The van der Waals surface area contributed by atoms with E-state index in [1.165, 1.54) is 0 Å². The third-order valence-corrected chi connectivity index (χ3v) is 3.40. The van der Waals surface area contributed by atoms with Gasteiger partial charge in [-0.1, -0.05) is 18.2 Å². The molecule has 20 heavy (non-hydrogen) atoms. The van der Waals surface area contributed by atoms with Crippen LogP contribution in [0.5, 0.6) is 5.75 Å². The summed E-state index contributed by atoms with van der Waals surface area (Å²) in [5.41, 5.74) is 8.90. The number of rotatable bonds is 3. The number of nitrogens with two attached hydrogens (primary N) is 1. The minimum Gasteiger partial charge on any atom is -0.495 e. The van der Waals surface area contributed by atoms with Crippen LogP contribution in [0.25, 0.3) is 10.9 Å². The molecule has 3 aromatic rings. The third kappa shape index (κ3) is 1.92. The van der Waals surface area contributed by atoms with Crippen molar-refractivity contribution >= 4 is 10.9 Å². The molecular weight excluding hydrogens is 252 g/mol. The summed E-state index contributed by atoms with van der Waals surface area (Å²) in [5, 5.41) is 5.57. The Kier molecular flexibility index (Phi) is 3.12. The maximum absolute atomic E-state index is 6.35. The summed E-state index contributed by atoms with van der Waals surface area (Å²) in [4.78, 5) is 4.34. The molecule has 1 unspecified atom stereocenters. The van der Waals surface area contributed by atoms with Gasteiger partial charge in [-0.05, 0) is 18.2 Å². The summed E-state index contributed by atoms with van der Waals surface area (Å²) >= 11 is 0. The van der Waals surface area contributed by atoms with Gasteiger partial charge in [0.25, 0.3) is 0 Å². The highest BCUT2D eigenvalue weighted by Gasteiger charge is 2.21. The molecule has 0 aliphatic rings. The van der Waals surface area contributed by atoms with Crippen LogP contribution in [-0.4, -0.2) is 21.9 Å². The van der Waals surface area contributed by atoms with E-state index in [1.54, 1.807) is 13.3 Å². The summed E-state index contributed by atoms with van der Waals surface area (Å²) in [7, 11) is 3.53. The van der Waals surface area contributed by atoms with E-state index in [-0.39, 0.29) is 0 Å². The highest BCUT2D eigenvalue weighted by Crippen LogP contribution is 2.29. The summed E-state index contributed by atoms with van der Waals surface area (Å²) in [6, 6.07) is 11.3. The average molecular weight is 268 g/mol. The lowest BCUT2D eigenvalue weighted by molar-refractivity contribution is 0.404. The van der Waals surface area contributed by atoms with E-state index < -0.39 is 6.04 Å². The fourth-order valence-corrected chi connectivity index (χ4v) is 2.41. The zero-order chi connectivity index (χ0) is 14.1. The number of ether oxygens (including phenoxy) is 1. The molecule has 0 saturated heterocycles. The van der Waals surface area contributed by atoms with Gasteiger partial charge in [0, 0.05) is 18.6 Å². The molecule has 0 aliphatic carbocycles. The standard InChI is InChI=1S/C15H16N4O/c1-19-11-7-4-3-6-10(11)14(18-19)13(16)15-12(20-2)8-5-9-17-15/h3-9,13H,16H2,1-2H3. The highest BCUT2D eigenvalue weighted by molar-refractivity contribution is 5.82. The quantitative estimate of drug-likeness (QED) is 0.789. The fraction of sp³-hybridized carbons (Fsp3) is 0.200. The number of pyridine rings is 1. The van der Waals surface area contributed by atoms with E-state index in [2.05, 4.69) is 10.1 Å². The van der Waals surface area contributed by atoms with Gasteiger partial charge in [0.1, 0.15) is 11.4 Å². The largest absolute Gasteiger partial charge is 0.495 e. The summed E-state index contributed by atoms with van der Waals surface area (Å²) < 4.78 is 7.16. The van der Waals surface area contributed by atoms with Gasteiger partial charge >= 0.3 is 0 Å². The molecule has 1 atom stereocenters. The predicted octanol–water partition coefficient (Wildman–Crippen LogP) is 2.02. The van der Waals surface area contributed by atoms with Crippen LogP contribution >= 0.6 is 0 Å². The van der Waals surface area contributed by atoms with Crippen LogP contribution in [0.3, 0.4) is 0 Å². The maximum Gasteiger partial charge on any atom is 0.142 e. The minimum absolute atomic E-state index is 0.419. The lowest BCUT2D eigenvalue weighted by Crippen LogP contribution is -2.16. The average Bonchev–Trinajstić information content (AvgIpc) is 2.84. The van der Waals surface area contributed by atoms with Crippen molar-refractivity contribution in [3.05, 3.63) is 54.0 Å².